The first-order chi connectivity index (χ1) is 15.1. The molecular formula is C27H36O4Si. The van der Waals surface area contributed by atoms with E-state index in [1.807, 2.05) is 0 Å². The molecule has 0 unspecified atom stereocenters. The van der Waals surface area contributed by atoms with Gasteiger partial charge in [0.05, 0.1) is 11.7 Å². The number of fused-ring (bicyclic) bond motifs is 3. The fraction of sp³-hybridized carbons (Fsp3) is 0.556. The standard InChI is InChI=1S/C27H36O4Si/c1-15(2)32(16(3)4,17(5)6)31-22-12-7-9-18-13-14-20-25(23(18)22)27(30)19-10-8-11-21(28)24(19)26(20)29/h8,10-11,13,15-17,22-23,28H,7,9,12,14H2,1-6H3/t22-,23-/m1/s1. The van der Waals surface area contributed by atoms with Gasteiger partial charge in [0.25, 0.3) is 0 Å². The Morgan fingerprint density at radius 3 is 2.28 bits per heavy atom. The largest absolute Gasteiger partial charge is 0.507 e. The van der Waals surface area contributed by atoms with Gasteiger partial charge in [0.1, 0.15) is 5.75 Å². The highest BCUT2D eigenvalue weighted by atomic mass is 28.4. The Labute approximate surface area is 192 Å². The van der Waals surface area contributed by atoms with Crippen LogP contribution in [0.1, 0.15) is 87.9 Å². The number of hydrogen-bond acceptors (Lipinski definition) is 4. The quantitative estimate of drug-likeness (QED) is 0.396. The zero-order chi connectivity index (χ0) is 23.4. The first kappa shape index (κ1) is 23.2. The third-order valence-corrected chi connectivity index (χ3v) is 14.2. The molecule has 4 nitrogen and oxygen atoms in total. The average Bonchev–Trinajstić information content (AvgIpc) is 2.74. The minimum atomic E-state index is -2.15. The van der Waals surface area contributed by atoms with Crippen molar-refractivity contribution >= 4 is 19.9 Å². The Balaban J connectivity index is 1.81. The van der Waals surface area contributed by atoms with Crippen LogP contribution in [0, 0.1) is 5.92 Å². The molecule has 4 rings (SSSR count). The van der Waals surface area contributed by atoms with E-state index in [0.29, 0.717) is 39.8 Å². The normalized spacial score (nSPS) is 23.5. The molecule has 172 valence electrons. The third kappa shape index (κ3) is 3.36. The van der Waals surface area contributed by atoms with E-state index in [1.54, 1.807) is 12.1 Å². The Morgan fingerprint density at radius 2 is 1.66 bits per heavy atom. The van der Waals surface area contributed by atoms with Gasteiger partial charge in [0.15, 0.2) is 11.6 Å². The molecule has 3 aliphatic carbocycles. The van der Waals surface area contributed by atoms with E-state index >= 15 is 0 Å². The molecule has 0 radical (unpaired) electrons. The Morgan fingerprint density at radius 1 is 1.00 bits per heavy atom. The molecule has 3 aliphatic rings. The zero-order valence-electron chi connectivity index (χ0n) is 20.2. The minimum Gasteiger partial charge on any atom is -0.507 e. The molecule has 32 heavy (non-hydrogen) atoms. The summed E-state index contributed by atoms with van der Waals surface area (Å²) in [5, 5.41) is 10.3. The van der Waals surface area contributed by atoms with Crippen molar-refractivity contribution in [2.24, 2.45) is 5.92 Å². The lowest BCUT2D eigenvalue weighted by Crippen LogP contribution is -2.53. The average molecular weight is 453 g/mol. The maximum absolute atomic E-state index is 13.7. The number of aromatic hydroxyl groups is 1. The number of phenolic OH excluding ortho intramolecular Hbond substituents is 1. The number of ketones is 2. The lowest BCUT2D eigenvalue weighted by atomic mass is 9.67. The van der Waals surface area contributed by atoms with Crippen LogP contribution in [0.3, 0.4) is 0 Å². The predicted molar refractivity (Wildman–Crippen MR) is 130 cm³/mol. The first-order valence-electron chi connectivity index (χ1n) is 12.1. The van der Waals surface area contributed by atoms with Gasteiger partial charge in [-0.05, 0) is 48.4 Å². The molecule has 1 aromatic carbocycles. The molecule has 0 amide bonds. The summed E-state index contributed by atoms with van der Waals surface area (Å²) in [4.78, 5) is 27.1. The van der Waals surface area contributed by atoms with Crippen molar-refractivity contribution in [2.75, 3.05) is 0 Å². The molecule has 0 heterocycles. The number of rotatable bonds is 5. The molecule has 0 aromatic heterocycles. The molecule has 0 spiro atoms. The number of carbonyl (C=O) groups is 2. The van der Waals surface area contributed by atoms with Crippen LogP contribution in [0.15, 0.2) is 41.0 Å². The topological polar surface area (TPSA) is 63.6 Å². The van der Waals surface area contributed by atoms with E-state index in [9.17, 15) is 14.7 Å². The lowest BCUT2D eigenvalue weighted by Gasteiger charge is -2.49. The molecule has 1 N–H and O–H groups in total. The van der Waals surface area contributed by atoms with Crippen LogP contribution < -0.4 is 0 Å². The summed E-state index contributed by atoms with van der Waals surface area (Å²) in [7, 11) is -2.15. The van der Waals surface area contributed by atoms with Crippen molar-refractivity contribution in [3.63, 3.8) is 0 Å². The van der Waals surface area contributed by atoms with E-state index < -0.39 is 8.32 Å². The van der Waals surface area contributed by atoms with Gasteiger partial charge in [-0.1, -0.05) is 65.3 Å². The predicted octanol–water partition coefficient (Wildman–Crippen LogP) is 6.76. The SMILES string of the molecule is CC(C)[Si](O[C@@H]1CCCC2=CCC3=C(C(=O)c4cccc(O)c4C3=O)[C@H]21)(C(C)C)C(C)C. The third-order valence-electron chi connectivity index (χ3n) is 8.03. The van der Waals surface area contributed by atoms with Crippen LogP contribution in [0.25, 0.3) is 0 Å². The number of allylic oxidation sites excluding steroid dienone is 2. The van der Waals surface area contributed by atoms with Gasteiger partial charge >= 0.3 is 0 Å². The molecule has 0 bridgehead atoms. The molecule has 0 aliphatic heterocycles. The van der Waals surface area contributed by atoms with Crippen molar-refractivity contribution in [1.82, 2.24) is 0 Å². The molecule has 1 saturated carbocycles. The molecular weight excluding hydrogens is 416 g/mol. The second kappa shape index (κ2) is 8.42. The van der Waals surface area contributed by atoms with Crippen molar-refractivity contribution < 1.29 is 19.1 Å². The van der Waals surface area contributed by atoms with Crippen LogP contribution >= 0.6 is 0 Å². The van der Waals surface area contributed by atoms with Gasteiger partial charge < -0.3 is 9.53 Å². The fourth-order valence-corrected chi connectivity index (χ4v) is 12.3. The van der Waals surface area contributed by atoms with Gasteiger partial charge in [-0.3, -0.25) is 9.59 Å². The van der Waals surface area contributed by atoms with Gasteiger partial charge in [0.2, 0.25) is 8.32 Å². The smallest absolute Gasteiger partial charge is 0.200 e. The first-order valence-corrected chi connectivity index (χ1v) is 14.3. The summed E-state index contributed by atoms with van der Waals surface area (Å²) in [6, 6.07) is 4.80. The molecule has 5 heteroatoms. The summed E-state index contributed by atoms with van der Waals surface area (Å²) < 4.78 is 7.23. The number of phenols is 1. The summed E-state index contributed by atoms with van der Waals surface area (Å²) in [6.07, 6.45) is 5.46. The van der Waals surface area contributed by atoms with E-state index in [2.05, 4.69) is 47.6 Å². The summed E-state index contributed by atoms with van der Waals surface area (Å²) in [5.74, 6) is -0.568. The molecule has 2 atom stereocenters. The van der Waals surface area contributed by atoms with E-state index in [1.165, 1.54) is 11.6 Å². The van der Waals surface area contributed by atoms with E-state index in [4.69, 9.17) is 4.43 Å². The molecule has 0 saturated heterocycles. The molecule has 1 fully saturated rings. The number of benzene rings is 1. The Bertz CT molecular complexity index is 993. The Hall–Kier alpha value is -1.98. The van der Waals surface area contributed by atoms with Crippen molar-refractivity contribution in [3.05, 3.63) is 52.1 Å². The highest BCUT2D eigenvalue weighted by Crippen LogP contribution is 2.50. The maximum Gasteiger partial charge on any atom is 0.200 e. The van der Waals surface area contributed by atoms with E-state index in [-0.39, 0.29) is 34.9 Å². The van der Waals surface area contributed by atoms with Gasteiger partial charge in [-0.25, -0.2) is 0 Å². The van der Waals surface area contributed by atoms with Crippen LogP contribution in [-0.2, 0) is 4.43 Å². The number of hydrogen-bond donors (Lipinski definition) is 1. The van der Waals surface area contributed by atoms with Crippen LogP contribution in [0.4, 0.5) is 0 Å². The van der Waals surface area contributed by atoms with Crippen molar-refractivity contribution in [2.45, 2.75) is 90.0 Å². The number of carbonyl (C=O) groups excluding carboxylic acids is 2. The highest BCUT2D eigenvalue weighted by Gasteiger charge is 2.51. The highest BCUT2D eigenvalue weighted by molar-refractivity contribution is 6.77. The van der Waals surface area contributed by atoms with Crippen LogP contribution in [-0.4, -0.2) is 31.1 Å². The maximum atomic E-state index is 13.7. The molecule has 1 aromatic rings. The number of Topliss-reactive ketones (excluding diaryl/α,β-unsaturated/α-hetero) is 2. The van der Waals surface area contributed by atoms with E-state index in [0.717, 1.165) is 19.3 Å². The minimum absolute atomic E-state index is 0.0743. The van der Waals surface area contributed by atoms with Crippen molar-refractivity contribution in [3.8, 4) is 5.75 Å². The summed E-state index contributed by atoms with van der Waals surface area (Å²) >= 11 is 0. The van der Waals surface area contributed by atoms with Crippen molar-refractivity contribution in [1.29, 1.82) is 0 Å². The zero-order valence-corrected chi connectivity index (χ0v) is 21.2. The second-order valence-electron chi connectivity index (χ2n) is 10.6. The monoisotopic (exact) mass is 452 g/mol. The second-order valence-corrected chi connectivity index (χ2v) is 16.0. The Kier molecular flexibility index (Phi) is 6.10. The van der Waals surface area contributed by atoms with Crippen LogP contribution in [0.2, 0.25) is 16.6 Å². The van der Waals surface area contributed by atoms with Gasteiger partial charge in [-0.2, -0.15) is 0 Å². The van der Waals surface area contributed by atoms with Gasteiger partial charge in [0, 0.05) is 22.6 Å². The van der Waals surface area contributed by atoms with Gasteiger partial charge in [-0.15, -0.1) is 0 Å². The van der Waals surface area contributed by atoms with Crippen LogP contribution in [0.5, 0.6) is 5.75 Å². The summed E-state index contributed by atoms with van der Waals surface area (Å²) in [5.41, 5.74) is 4.30. The summed E-state index contributed by atoms with van der Waals surface area (Å²) in [6.45, 7) is 13.7. The fourth-order valence-electron chi connectivity index (χ4n) is 6.75. The lowest BCUT2D eigenvalue weighted by molar-refractivity contribution is 0.0883.